The van der Waals surface area contributed by atoms with Gasteiger partial charge in [-0.1, -0.05) is 193 Å². The van der Waals surface area contributed by atoms with E-state index in [1.807, 2.05) is 27.2 Å². The zero-order chi connectivity index (χ0) is 47.8. The van der Waals surface area contributed by atoms with Gasteiger partial charge in [0.1, 0.15) is 13.2 Å². The molecule has 0 saturated carbocycles. The minimum absolute atomic E-state index is 0.0223. The highest BCUT2D eigenvalue weighted by Crippen LogP contribution is 2.38. The average Bonchev–Trinajstić information content (AvgIpc) is 3.26. The second-order valence-corrected chi connectivity index (χ2v) is 19.2. The Labute approximate surface area is 399 Å². The Morgan fingerprint density at radius 2 is 0.954 bits per heavy atom. The number of aliphatic hydroxyl groups excluding tert-OH is 1. The first-order valence-corrected chi connectivity index (χ1v) is 26.9. The van der Waals surface area contributed by atoms with Crippen LogP contribution in [0.2, 0.25) is 0 Å². The minimum Gasteiger partial charge on any atom is -0.756 e. The number of phosphoric ester groups is 1. The number of allylic oxidation sites excluding steroid dienone is 19. The van der Waals surface area contributed by atoms with E-state index in [-0.39, 0.29) is 18.9 Å². The Kier molecular flexibility index (Phi) is 43.8. The molecule has 370 valence electrons. The van der Waals surface area contributed by atoms with Crippen LogP contribution in [0.4, 0.5) is 0 Å². The van der Waals surface area contributed by atoms with Crippen molar-refractivity contribution >= 4 is 13.7 Å². The molecule has 0 heterocycles. The fourth-order valence-electron chi connectivity index (χ4n) is 6.42. The Balaban J connectivity index is 4.47. The number of nitrogens with zero attached hydrogens (tertiary/aromatic N) is 1. The molecule has 65 heavy (non-hydrogen) atoms. The van der Waals surface area contributed by atoms with Gasteiger partial charge in [-0.25, -0.2) is 0 Å². The number of nitrogens with one attached hydrogen (secondary N) is 1. The van der Waals surface area contributed by atoms with Gasteiger partial charge in [-0.3, -0.25) is 9.36 Å². The molecule has 0 aliphatic carbocycles. The molecule has 3 unspecified atom stereocenters. The molecule has 0 aromatic heterocycles. The van der Waals surface area contributed by atoms with Crippen molar-refractivity contribution in [3.8, 4) is 0 Å². The van der Waals surface area contributed by atoms with Gasteiger partial charge in [-0.2, -0.15) is 0 Å². The van der Waals surface area contributed by atoms with Crippen LogP contribution in [0.3, 0.4) is 0 Å². The maximum atomic E-state index is 12.9. The molecule has 0 spiro atoms. The lowest BCUT2D eigenvalue weighted by Crippen LogP contribution is -2.45. The van der Waals surface area contributed by atoms with Crippen LogP contribution < -0.4 is 10.2 Å². The number of likely N-dealkylation sites (N-methyl/N-ethyl adjacent to an activating group) is 1. The Hall–Kier alpha value is -3.10. The minimum atomic E-state index is -4.62. The lowest BCUT2D eigenvalue weighted by Gasteiger charge is -2.29. The van der Waals surface area contributed by atoms with Crippen molar-refractivity contribution in [3.05, 3.63) is 122 Å². The molecule has 0 saturated heterocycles. The van der Waals surface area contributed by atoms with E-state index in [0.717, 1.165) is 83.5 Å². The van der Waals surface area contributed by atoms with Gasteiger partial charge in [0.25, 0.3) is 7.82 Å². The number of aliphatic hydroxyl groups is 1. The van der Waals surface area contributed by atoms with Crippen molar-refractivity contribution in [2.75, 3.05) is 40.9 Å². The monoisotopic (exact) mass is 923 g/mol. The molecule has 1 amide bonds. The van der Waals surface area contributed by atoms with Crippen LogP contribution in [0.5, 0.6) is 0 Å². The quantitative estimate of drug-likeness (QED) is 0.0273. The zero-order valence-electron chi connectivity index (χ0n) is 41.9. The van der Waals surface area contributed by atoms with Gasteiger partial charge < -0.3 is 28.8 Å². The Bertz CT molecular complexity index is 1460. The van der Waals surface area contributed by atoms with Crippen molar-refractivity contribution in [1.29, 1.82) is 0 Å². The molecule has 3 atom stereocenters. The first kappa shape index (κ1) is 61.9. The summed E-state index contributed by atoms with van der Waals surface area (Å²) < 4.78 is 23.2. The van der Waals surface area contributed by atoms with Crippen molar-refractivity contribution in [1.82, 2.24) is 5.32 Å². The van der Waals surface area contributed by atoms with Crippen molar-refractivity contribution in [2.45, 2.75) is 187 Å². The topological polar surface area (TPSA) is 108 Å². The summed E-state index contributed by atoms with van der Waals surface area (Å²) in [5.74, 6) is -0.256. The third kappa shape index (κ3) is 48.6. The molecule has 0 fully saturated rings. The SMILES string of the molecule is CC/C=C\C/C=C\C/C=C\C/C=C\C/C=C\C/C=C\C/C=C\C/C=C\CCCCC(=O)NC(COP(=O)([O-])OCC[N+](C)(C)C)C(O)/C=C/CC/C=C/CCCCCCCCCCCC. The lowest BCUT2D eigenvalue weighted by atomic mass is 10.1. The van der Waals surface area contributed by atoms with Crippen LogP contribution in [0, 0.1) is 0 Å². The van der Waals surface area contributed by atoms with E-state index in [1.165, 1.54) is 64.2 Å². The van der Waals surface area contributed by atoms with Crippen LogP contribution in [0.25, 0.3) is 0 Å². The number of phosphoric acid groups is 1. The van der Waals surface area contributed by atoms with Gasteiger partial charge in [-0.15, -0.1) is 0 Å². The molecule has 0 aromatic carbocycles. The highest BCUT2D eigenvalue weighted by molar-refractivity contribution is 7.45. The number of hydrogen-bond acceptors (Lipinski definition) is 6. The maximum Gasteiger partial charge on any atom is 0.268 e. The molecule has 9 heteroatoms. The molecule has 8 nitrogen and oxygen atoms in total. The molecule has 0 rings (SSSR count). The summed E-state index contributed by atoms with van der Waals surface area (Å²) in [6.45, 7) is 4.45. The van der Waals surface area contributed by atoms with Gasteiger partial charge in [0.2, 0.25) is 5.91 Å². The third-order valence-corrected chi connectivity index (χ3v) is 11.4. The van der Waals surface area contributed by atoms with Gasteiger partial charge in [0.15, 0.2) is 0 Å². The van der Waals surface area contributed by atoms with Crippen molar-refractivity contribution < 1.29 is 32.9 Å². The Morgan fingerprint density at radius 3 is 1.43 bits per heavy atom. The largest absolute Gasteiger partial charge is 0.756 e. The number of quaternary nitrogens is 1. The predicted molar refractivity (Wildman–Crippen MR) is 279 cm³/mol. The van der Waals surface area contributed by atoms with Crippen molar-refractivity contribution in [2.24, 2.45) is 0 Å². The van der Waals surface area contributed by atoms with E-state index in [4.69, 9.17) is 9.05 Å². The van der Waals surface area contributed by atoms with Gasteiger partial charge >= 0.3 is 0 Å². The number of rotatable bonds is 44. The zero-order valence-corrected chi connectivity index (χ0v) is 42.8. The number of hydrogen-bond donors (Lipinski definition) is 2. The third-order valence-electron chi connectivity index (χ3n) is 10.4. The number of carbonyl (C=O) groups is 1. The summed E-state index contributed by atoms with van der Waals surface area (Å²) in [5, 5.41) is 13.8. The fourth-order valence-corrected chi connectivity index (χ4v) is 7.14. The second kappa shape index (κ2) is 46.0. The van der Waals surface area contributed by atoms with E-state index >= 15 is 0 Å². The van der Waals surface area contributed by atoms with E-state index in [9.17, 15) is 19.4 Å². The van der Waals surface area contributed by atoms with Crippen LogP contribution in [-0.2, 0) is 18.4 Å². The first-order valence-electron chi connectivity index (χ1n) is 25.4. The highest BCUT2D eigenvalue weighted by Gasteiger charge is 2.23. The van der Waals surface area contributed by atoms with E-state index in [0.29, 0.717) is 17.4 Å². The van der Waals surface area contributed by atoms with Gasteiger partial charge in [0.05, 0.1) is 39.9 Å². The van der Waals surface area contributed by atoms with Gasteiger partial charge in [0, 0.05) is 6.42 Å². The standard InChI is InChI=1S/C56H95N2O6P/c1-6-8-10-12-14-16-18-20-22-24-25-26-27-28-29-30-31-32-33-34-36-38-40-42-44-46-48-50-56(60)57-54(53-64-65(61,62)63-52-51-58(3,4)5)55(59)49-47-45-43-41-39-37-35-23-21-19-17-15-13-11-9-7-2/h8,10,14,16,20,22,25-26,28-29,31-32,34,36,39-42,47,49,54-55,59H,6-7,9,11-13,15,17-19,21,23-24,27,30,33,35,37-38,43-46,48,50-53H2,1-5H3,(H-,57,60,61,62)/b10-8-,16-14-,22-20-,26-25-,29-28-,32-31-,36-34-,41-39+,42-40-,49-47+. The number of amides is 1. The van der Waals surface area contributed by atoms with Crippen LogP contribution >= 0.6 is 7.82 Å². The highest BCUT2D eigenvalue weighted by atomic mass is 31.2. The van der Waals surface area contributed by atoms with E-state index in [1.54, 1.807) is 6.08 Å². The number of carbonyl (C=O) groups excluding carboxylic acids is 1. The maximum absolute atomic E-state index is 12.9. The number of unbranched alkanes of at least 4 members (excludes halogenated alkanes) is 13. The summed E-state index contributed by atoms with van der Waals surface area (Å²) >= 11 is 0. The van der Waals surface area contributed by atoms with Gasteiger partial charge in [-0.05, 0) is 96.3 Å². The first-order chi connectivity index (χ1) is 31.5. The summed E-state index contributed by atoms with van der Waals surface area (Å²) in [7, 11) is 1.19. The van der Waals surface area contributed by atoms with E-state index < -0.39 is 26.6 Å². The van der Waals surface area contributed by atoms with Crippen LogP contribution in [0.1, 0.15) is 174 Å². The molecular formula is C56H95N2O6P. The van der Waals surface area contributed by atoms with Crippen LogP contribution in [-0.4, -0.2) is 68.5 Å². The normalized spacial score (nSPS) is 15.1. The predicted octanol–water partition coefficient (Wildman–Crippen LogP) is 14.4. The fraction of sp³-hybridized carbons (Fsp3) is 0.625. The molecule has 2 N–H and O–H groups in total. The molecule has 0 aliphatic heterocycles. The summed E-state index contributed by atoms with van der Waals surface area (Å²) in [4.78, 5) is 25.4. The molecular weight excluding hydrogens is 828 g/mol. The molecule has 0 bridgehead atoms. The second-order valence-electron chi connectivity index (χ2n) is 17.8. The Morgan fingerprint density at radius 1 is 0.554 bits per heavy atom. The smallest absolute Gasteiger partial charge is 0.268 e. The summed E-state index contributed by atoms with van der Waals surface area (Å²) in [5.41, 5.74) is 0. The molecule has 0 aromatic rings. The molecule has 0 radical (unpaired) electrons. The van der Waals surface area contributed by atoms with E-state index in [2.05, 4.69) is 129 Å². The van der Waals surface area contributed by atoms with Crippen molar-refractivity contribution in [3.63, 3.8) is 0 Å². The lowest BCUT2D eigenvalue weighted by molar-refractivity contribution is -0.870. The summed E-state index contributed by atoms with van der Waals surface area (Å²) in [6, 6.07) is -0.936. The van der Waals surface area contributed by atoms with Crippen LogP contribution in [0.15, 0.2) is 122 Å². The summed E-state index contributed by atoms with van der Waals surface area (Å²) in [6.07, 6.45) is 68.3. The molecule has 0 aliphatic rings. The average molecular weight is 923 g/mol.